The minimum atomic E-state index is -0.961. The number of furan rings is 1. The summed E-state index contributed by atoms with van der Waals surface area (Å²) in [7, 11) is 0. The SMILES string of the molecule is CSc1cccc(NCc2cc(C(=O)O)c(C)o2)c1. The average Bonchev–Trinajstić information content (AvgIpc) is 2.78. The van der Waals surface area contributed by atoms with E-state index in [4.69, 9.17) is 9.52 Å². The van der Waals surface area contributed by atoms with E-state index >= 15 is 0 Å². The van der Waals surface area contributed by atoms with E-state index in [0.717, 1.165) is 5.69 Å². The third-order valence-corrected chi connectivity index (χ3v) is 3.46. The quantitative estimate of drug-likeness (QED) is 0.817. The summed E-state index contributed by atoms with van der Waals surface area (Å²) in [6.45, 7) is 2.12. The molecule has 0 saturated heterocycles. The summed E-state index contributed by atoms with van der Waals surface area (Å²) in [6.07, 6.45) is 2.02. The van der Waals surface area contributed by atoms with E-state index in [-0.39, 0.29) is 5.56 Å². The fourth-order valence-electron chi connectivity index (χ4n) is 1.77. The molecule has 0 aliphatic heterocycles. The van der Waals surface area contributed by atoms with Crippen LogP contribution in [0.3, 0.4) is 0 Å². The number of aryl methyl sites for hydroxylation is 1. The highest BCUT2D eigenvalue weighted by Crippen LogP contribution is 2.20. The molecule has 100 valence electrons. The Morgan fingerprint density at radius 1 is 1.42 bits per heavy atom. The monoisotopic (exact) mass is 277 g/mol. The Bertz CT molecular complexity index is 592. The van der Waals surface area contributed by atoms with Crippen molar-refractivity contribution < 1.29 is 14.3 Å². The van der Waals surface area contributed by atoms with Gasteiger partial charge in [-0.2, -0.15) is 0 Å². The lowest BCUT2D eigenvalue weighted by Gasteiger charge is -2.05. The van der Waals surface area contributed by atoms with Gasteiger partial charge in [-0.15, -0.1) is 11.8 Å². The lowest BCUT2D eigenvalue weighted by atomic mass is 10.2. The molecule has 0 atom stereocenters. The molecule has 0 aliphatic rings. The highest BCUT2D eigenvalue weighted by molar-refractivity contribution is 7.98. The van der Waals surface area contributed by atoms with Gasteiger partial charge in [-0.25, -0.2) is 4.79 Å². The first-order chi connectivity index (χ1) is 9.10. The predicted octanol–water partition coefficient (Wildman–Crippen LogP) is 3.62. The normalized spacial score (nSPS) is 10.4. The number of carbonyl (C=O) groups is 1. The second-order valence-electron chi connectivity index (χ2n) is 4.07. The van der Waals surface area contributed by atoms with E-state index in [0.29, 0.717) is 18.1 Å². The van der Waals surface area contributed by atoms with Crippen molar-refractivity contribution in [3.8, 4) is 0 Å². The molecule has 1 aromatic carbocycles. The Labute approximate surface area is 115 Å². The van der Waals surface area contributed by atoms with Crippen LogP contribution in [0.5, 0.6) is 0 Å². The summed E-state index contributed by atoms with van der Waals surface area (Å²) in [4.78, 5) is 12.1. The van der Waals surface area contributed by atoms with Crippen LogP contribution in [0.25, 0.3) is 0 Å². The summed E-state index contributed by atoms with van der Waals surface area (Å²) in [5, 5.41) is 12.2. The van der Waals surface area contributed by atoms with Crippen LogP contribution < -0.4 is 5.32 Å². The number of anilines is 1. The van der Waals surface area contributed by atoms with Gasteiger partial charge in [-0.1, -0.05) is 6.07 Å². The number of carboxylic acids is 1. The standard InChI is InChI=1S/C14H15NO3S/c1-9-13(14(16)17)7-11(18-9)8-15-10-4-3-5-12(6-10)19-2/h3-7,15H,8H2,1-2H3,(H,16,17). The molecule has 0 amide bonds. The maximum Gasteiger partial charge on any atom is 0.339 e. The highest BCUT2D eigenvalue weighted by Gasteiger charge is 2.13. The Balaban J connectivity index is 2.06. The van der Waals surface area contributed by atoms with Crippen molar-refractivity contribution in [1.29, 1.82) is 0 Å². The molecular formula is C14H15NO3S. The molecule has 2 aromatic rings. The van der Waals surface area contributed by atoms with Gasteiger partial charge >= 0.3 is 5.97 Å². The molecule has 5 heteroatoms. The van der Waals surface area contributed by atoms with Crippen LogP contribution >= 0.6 is 11.8 Å². The van der Waals surface area contributed by atoms with Crippen molar-refractivity contribution in [2.24, 2.45) is 0 Å². The maximum atomic E-state index is 10.9. The molecule has 0 radical (unpaired) electrons. The molecule has 0 aliphatic carbocycles. The molecule has 1 heterocycles. The van der Waals surface area contributed by atoms with Crippen molar-refractivity contribution in [3.63, 3.8) is 0 Å². The van der Waals surface area contributed by atoms with Crippen LogP contribution in [0.1, 0.15) is 21.9 Å². The van der Waals surface area contributed by atoms with E-state index in [1.165, 1.54) is 4.90 Å². The molecule has 2 rings (SSSR count). The number of hydrogen-bond donors (Lipinski definition) is 2. The maximum absolute atomic E-state index is 10.9. The first-order valence-corrected chi connectivity index (χ1v) is 7.03. The van der Waals surface area contributed by atoms with Crippen molar-refractivity contribution in [1.82, 2.24) is 0 Å². The van der Waals surface area contributed by atoms with E-state index < -0.39 is 5.97 Å². The molecule has 0 bridgehead atoms. The first-order valence-electron chi connectivity index (χ1n) is 5.80. The Morgan fingerprint density at radius 3 is 2.84 bits per heavy atom. The number of nitrogens with one attached hydrogen (secondary N) is 1. The number of thioether (sulfide) groups is 1. The van der Waals surface area contributed by atoms with Gasteiger partial charge in [0, 0.05) is 10.6 Å². The summed E-state index contributed by atoms with van der Waals surface area (Å²) in [5.74, 6) is 0.0866. The van der Waals surface area contributed by atoms with Crippen LogP contribution in [0.15, 0.2) is 39.6 Å². The van der Waals surface area contributed by atoms with E-state index in [2.05, 4.69) is 5.32 Å². The average molecular weight is 277 g/mol. The van der Waals surface area contributed by atoms with Gasteiger partial charge in [-0.05, 0) is 37.4 Å². The van der Waals surface area contributed by atoms with Gasteiger partial charge in [0.15, 0.2) is 0 Å². The summed E-state index contributed by atoms with van der Waals surface area (Å²) in [5.41, 5.74) is 1.20. The second-order valence-corrected chi connectivity index (χ2v) is 4.95. The fourth-order valence-corrected chi connectivity index (χ4v) is 2.22. The zero-order chi connectivity index (χ0) is 13.8. The number of aromatic carboxylic acids is 1. The van der Waals surface area contributed by atoms with Gasteiger partial charge in [-0.3, -0.25) is 0 Å². The zero-order valence-corrected chi connectivity index (χ0v) is 11.6. The van der Waals surface area contributed by atoms with Gasteiger partial charge in [0.05, 0.1) is 6.54 Å². The van der Waals surface area contributed by atoms with Crippen molar-refractivity contribution in [3.05, 3.63) is 47.4 Å². The van der Waals surface area contributed by atoms with E-state index in [1.807, 2.05) is 30.5 Å². The Morgan fingerprint density at radius 2 is 2.21 bits per heavy atom. The lowest BCUT2D eigenvalue weighted by molar-refractivity contribution is 0.0695. The topological polar surface area (TPSA) is 62.5 Å². The predicted molar refractivity (Wildman–Crippen MR) is 76.0 cm³/mol. The molecule has 1 aromatic heterocycles. The summed E-state index contributed by atoms with van der Waals surface area (Å²) < 4.78 is 5.41. The first kappa shape index (κ1) is 13.5. The summed E-state index contributed by atoms with van der Waals surface area (Å²) >= 11 is 1.67. The van der Waals surface area contributed by atoms with Crippen LogP contribution in [0, 0.1) is 6.92 Å². The minimum Gasteiger partial charge on any atom is -0.478 e. The molecule has 2 N–H and O–H groups in total. The van der Waals surface area contributed by atoms with Crippen molar-refractivity contribution in [2.75, 3.05) is 11.6 Å². The molecule has 0 spiro atoms. The minimum absolute atomic E-state index is 0.217. The van der Waals surface area contributed by atoms with Gasteiger partial charge < -0.3 is 14.8 Å². The van der Waals surface area contributed by atoms with Gasteiger partial charge in [0.1, 0.15) is 17.1 Å². The molecule has 0 unspecified atom stereocenters. The largest absolute Gasteiger partial charge is 0.478 e. The number of rotatable bonds is 5. The third kappa shape index (κ3) is 3.32. The third-order valence-electron chi connectivity index (χ3n) is 2.74. The number of hydrogen-bond acceptors (Lipinski definition) is 4. The number of carboxylic acid groups (broad SMARTS) is 1. The van der Waals surface area contributed by atoms with Crippen molar-refractivity contribution in [2.45, 2.75) is 18.4 Å². The second kappa shape index (κ2) is 5.84. The van der Waals surface area contributed by atoms with Crippen LogP contribution in [0.4, 0.5) is 5.69 Å². The molecular weight excluding hydrogens is 262 g/mol. The smallest absolute Gasteiger partial charge is 0.339 e. The lowest BCUT2D eigenvalue weighted by Crippen LogP contribution is -1.98. The van der Waals surface area contributed by atoms with Crippen molar-refractivity contribution >= 4 is 23.4 Å². The molecule has 0 saturated carbocycles. The van der Waals surface area contributed by atoms with Crippen LogP contribution in [-0.4, -0.2) is 17.3 Å². The van der Waals surface area contributed by atoms with Crippen LogP contribution in [0.2, 0.25) is 0 Å². The highest BCUT2D eigenvalue weighted by atomic mass is 32.2. The Hall–Kier alpha value is -1.88. The number of benzene rings is 1. The zero-order valence-electron chi connectivity index (χ0n) is 10.8. The molecule has 4 nitrogen and oxygen atoms in total. The van der Waals surface area contributed by atoms with Gasteiger partial charge in [0.2, 0.25) is 0 Å². The van der Waals surface area contributed by atoms with E-state index in [1.54, 1.807) is 24.8 Å². The van der Waals surface area contributed by atoms with E-state index in [9.17, 15) is 4.79 Å². The van der Waals surface area contributed by atoms with Crippen LogP contribution in [-0.2, 0) is 6.54 Å². The Kier molecular flexibility index (Phi) is 4.16. The molecule has 0 fully saturated rings. The summed E-state index contributed by atoms with van der Waals surface area (Å²) in [6, 6.07) is 9.58. The fraction of sp³-hybridized carbons (Fsp3) is 0.214. The van der Waals surface area contributed by atoms with Gasteiger partial charge in [0.25, 0.3) is 0 Å². The molecule has 19 heavy (non-hydrogen) atoms.